The van der Waals surface area contributed by atoms with E-state index in [2.05, 4.69) is 6.58 Å². The second-order valence-corrected chi connectivity index (χ2v) is 3.07. The van der Waals surface area contributed by atoms with E-state index in [9.17, 15) is 4.79 Å². The van der Waals surface area contributed by atoms with Crippen molar-refractivity contribution < 1.29 is 9.53 Å². The lowest BCUT2D eigenvalue weighted by atomic mass is 10.1. The smallest absolute Gasteiger partial charge is 0.188 e. The van der Waals surface area contributed by atoms with Crippen LogP contribution in [0.3, 0.4) is 0 Å². The summed E-state index contributed by atoms with van der Waals surface area (Å²) in [7, 11) is 0. The Morgan fingerprint density at radius 3 is 2.36 bits per heavy atom. The quantitative estimate of drug-likeness (QED) is 0.539. The van der Waals surface area contributed by atoms with E-state index >= 15 is 0 Å². The molecule has 0 spiro atoms. The summed E-state index contributed by atoms with van der Waals surface area (Å²) in [6.45, 7) is 7.87. The first-order chi connectivity index (χ1) is 6.65. The monoisotopic (exact) mass is 190 g/mol. The zero-order chi connectivity index (χ0) is 10.6. The molecule has 0 heterocycles. The number of allylic oxidation sites excluding steroid dienone is 1. The molecule has 0 aliphatic heterocycles. The third kappa shape index (κ3) is 2.46. The van der Waals surface area contributed by atoms with Crippen LogP contribution in [0.5, 0.6) is 5.75 Å². The lowest BCUT2D eigenvalue weighted by Crippen LogP contribution is -1.99. The number of Topliss-reactive ketones (excluding diaryl/α,β-unsaturated/α-hetero) is 1. The van der Waals surface area contributed by atoms with Crippen LogP contribution in [0.1, 0.15) is 24.2 Å². The second kappa shape index (κ2) is 4.61. The molecule has 0 N–H and O–H groups in total. The van der Waals surface area contributed by atoms with E-state index < -0.39 is 0 Å². The van der Waals surface area contributed by atoms with Gasteiger partial charge in [0.05, 0.1) is 6.61 Å². The number of carbonyl (C=O) groups is 1. The maximum absolute atomic E-state index is 11.5. The summed E-state index contributed by atoms with van der Waals surface area (Å²) in [4.78, 5) is 11.5. The summed E-state index contributed by atoms with van der Waals surface area (Å²) >= 11 is 0. The maximum Gasteiger partial charge on any atom is 0.188 e. The molecule has 0 unspecified atom stereocenters. The van der Waals surface area contributed by atoms with Crippen LogP contribution in [0.25, 0.3) is 0 Å². The minimum Gasteiger partial charge on any atom is -0.494 e. The molecule has 1 aromatic rings. The van der Waals surface area contributed by atoms with E-state index in [4.69, 9.17) is 4.74 Å². The molecular weight excluding hydrogens is 176 g/mol. The highest BCUT2D eigenvalue weighted by atomic mass is 16.5. The van der Waals surface area contributed by atoms with Crippen molar-refractivity contribution in [2.24, 2.45) is 0 Å². The molecular formula is C12H14O2. The van der Waals surface area contributed by atoms with Crippen LogP contribution in [0.15, 0.2) is 36.4 Å². The molecule has 0 atom stereocenters. The summed E-state index contributed by atoms with van der Waals surface area (Å²) in [6.07, 6.45) is 0. The highest BCUT2D eigenvalue weighted by Crippen LogP contribution is 2.14. The summed E-state index contributed by atoms with van der Waals surface area (Å²) in [5, 5.41) is 0. The van der Waals surface area contributed by atoms with Gasteiger partial charge in [-0.05, 0) is 43.7 Å². The summed E-state index contributed by atoms with van der Waals surface area (Å²) in [6, 6.07) is 7.09. The molecule has 0 saturated heterocycles. The van der Waals surface area contributed by atoms with Gasteiger partial charge < -0.3 is 4.74 Å². The van der Waals surface area contributed by atoms with Crippen molar-refractivity contribution in [2.45, 2.75) is 13.8 Å². The molecule has 0 aliphatic rings. The van der Waals surface area contributed by atoms with Crippen LogP contribution >= 0.6 is 0 Å². The zero-order valence-corrected chi connectivity index (χ0v) is 8.54. The average Bonchev–Trinajstić information content (AvgIpc) is 2.18. The highest BCUT2D eigenvalue weighted by molar-refractivity contribution is 6.07. The Morgan fingerprint density at radius 1 is 1.36 bits per heavy atom. The van der Waals surface area contributed by atoms with Crippen molar-refractivity contribution in [3.63, 3.8) is 0 Å². The van der Waals surface area contributed by atoms with Crippen LogP contribution < -0.4 is 4.74 Å². The average molecular weight is 190 g/mol. The van der Waals surface area contributed by atoms with Crippen LogP contribution in [0.2, 0.25) is 0 Å². The van der Waals surface area contributed by atoms with Crippen molar-refractivity contribution in [3.8, 4) is 5.75 Å². The van der Waals surface area contributed by atoms with Crippen molar-refractivity contribution in [1.82, 2.24) is 0 Å². The summed E-state index contributed by atoms with van der Waals surface area (Å²) < 4.78 is 5.27. The van der Waals surface area contributed by atoms with Gasteiger partial charge in [-0.25, -0.2) is 0 Å². The molecule has 2 nitrogen and oxygen atoms in total. The number of ether oxygens (including phenoxy) is 1. The van der Waals surface area contributed by atoms with Gasteiger partial charge in [-0.15, -0.1) is 0 Å². The molecule has 0 saturated carbocycles. The molecule has 1 rings (SSSR count). The second-order valence-electron chi connectivity index (χ2n) is 3.07. The Labute approximate surface area is 84.2 Å². The minimum absolute atomic E-state index is 0.0203. The van der Waals surface area contributed by atoms with E-state index in [-0.39, 0.29) is 5.78 Å². The van der Waals surface area contributed by atoms with Crippen LogP contribution in [-0.4, -0.2) is 12.4 Å². The van der Waals surface area contributed by atoms with Crippen molar-refractivity contribution in [1.29, 1.82) is 0 Å². The Kier molecular flexibility index (Phi) is 3.46. The molecule has 14 heavy (non-hydrogen) atoms. The highest BCUT2D eigenvalue weighted by Gasteiger charge is 2.05. The van der Waals surface area contributed by atoms with Crippen molar-refractivity contribution >= 4 is 5.78 Å². The number of hydrogen-bond acceptors (Lipinski definition) is 2. The molecule has 1 aromatic carbocycles. The number of carbonyl (C=O) groups excluding carboxylic acids is 1. The normalized spacial score (nSPS) is 9.57. The number of benzene rings is 1. The molecule has 0 aromatic heterocycles. The van der Waals surface area contributed by atoms with Gasteiger partial charge >= 0.3 is 0 Å². The van der Waals surface area contributed by atoms with Gasteiger partial charge in [0.25, 0.3) is 0 Å². The SMILES string of the molecule is C=C(C)C(=O)c1ccc(OCC)cc1. The molecule has 0 fully saturated rings. The predicted octanol–water partition coefficient (Wildman–Crippen LogP) is 2.84. The molecule has 0 bridgehead atoms. The fourth-order valence-corrected chi connectivity index (χ4v) is 1.12. The van der Waals surface area contributed by atoms with Gasteiger partial charge in [0.1, 0.15) is 5.75 Å². The van der Waals surface area contributed by atoms with E-state index in [1.54, 1.807) is 31.2 Å². The van der Waals surface area contributed by atoms with E-state index in [1.165, 1.54) is 0 Å². The summed E-state index contributed by atoms with van der Waals surface area (Å²) in [5.41, 5.74) is 1.20. The lowest BCUT2D eigenvalue weighted by molar-refractivity contribution is 0.103. The molecule has 0 radical (unpaired) electrons. The fourth-order valence-electron chi connectivity index (χ4n) is 1.12. The van der Waals surface area contributed by atoms with Gasteiger partial charge in [0.15, 0.2) is 5.78 Å². The van der Waals surface area contributed by atoms with Gasteiger partial charge in [-0.3, -0.25) is 4.79 Å². The van der Waals surface area contributed by atoms with E-state index in [1.807, 2.05) is 6.92 Å². The first kappa shape index (κ1) is 10.5. The zero-order valence-electron chi connectivity index (χ0n) is 8.54. The van der Waals surface area contributed by atoms with Crippen molar-refractivity contribution in [3.05, 3.63) is 42.0 Å². The molecule has 74 valence electrons. The Balaban J connectivity index is 2.83. The van der Waals surface area contributed by atoms with Gasteiger partial charge in [-0.1, -0.05) is 6.58 Å². The molecule has 0 aliphatic carbocycles. The van der Waals surface area contributed by atoms with Gasteiger partial charge in [0.2, 0.25) is 0 Å². The Bertz CT molecular complexity index is 336. The first-order valence-corrected chi connectivity index (χ1v) is 4.58. The standard InChI is InChI=1S/C12H14O2/c1-4-14-11-7-5-10(6-8-11)12(13)9(2)3/h5-8H,2,4H2,1,3H3. The first-order valence-electron chi connectivity index (χ1n) is 4.58. The summed E-state index contributed by atoms with van der Waals surface area (Å²) in [5.74, 6) is 0.763. The third-order valence-electron chi connectivity index (χ3n) is 1.82. The van der Waals surface area contributed by atoms with E-state index in [0.717, 1.165) is 5.75 Å². The van der Waals surface area contributed by atoms with Crippen LogP contribution in [-0.2, 0) is 0 Å². The van der Waals surface area contributed by atoms with Crippen LogP contribution in [0.4, 0.5) is 0 Å². The fraction of sp³-hybridized carbons (Fsp3) is 0.250. The van der Waals surface area contributed by atoms with Crippen molar-refractivity contribution in [2.75, 3.05) is 6.61 Å². The number of rotatable bonds is 4. The van der Waals surface area contributed by atoms with Gasteiger partial charge in [-0.2, -0.15) is 0 Å². The number of hydrogen-bond donors (Lipinski definition) is 0. The Morgan fingerprint density at radius 2 is 1.93 bits per heavy atom. The third-order valence-corrected chi connectivity index (χ3v) is 1.82. The topological polar surface area (TPSA) is 26.3 Å². The predicted molar refractivity (Wildman–Crippen MR) is 56.8 cm³/mol. The maximum atomic E-state index is 11.5. The molecule has 0 amide bonds. The van der Waals surface area contributed by atoms with Crippen LogP contribution in [0, 0.1) is 0 Å². The number of ketones is 1. The minimum atomic E-state index is -0.0203. The largest absolute Gasteiger partial charge is 0.494 e. The van der Waals surface area contributed by atoms with Gasteiger partial charge in [0, 0.05) is 5.56 Å². The lowest BCUT2D eigenvalue weighted by Gasteiger charge is -2.03. The van der Waals surface area contributed by atoms with E-state index in [0.29, 0.717) is 17.7 Å². The molecule has 2 heteroatoms. The Hall–Kier alpha value is -1.57.